The van der Waals surface area contributed by atoms with E-state index in [9.17, 15) is 19.6 Å². The van der Waals surface area contributed by atoms with E-state index in [1.165, 1.54) is 0 Å². The van der Waals surface area contributed by atoms with Crippen LogP contribution in [0.3, 0.4) is 0 Å². The zero-order valence-corrected chi connectivity index (χ0v) is 24.4. The third kappa shape index (κ3) is 6.72. The third-order valence-electron chi connectivity index (χ3n) is 7.97. The molecule has 2 aromatic carbocycles. The summed E-state index contributed by atoms with van der Waals surface area (Å²) >= 11 is 0. The number of rotatable bonds is 4. The van der Waals surface area contributed by atoms with Gasteiger partial charge in [0.25, 0.3) is 5.91 Å². The number of carbonyl (C=O) groups excluding carboxylic acids is 3. The lowest BCUT2D eigenvalue weighted by molar-refractivity contribution is -0.126. The van der Waals surface area contributed by atoms with Gasteiger partial charge in [0.15, 0.2) is 11.5 Å². The molecular formula is C33H35N5O5. The normalized spacial score (nSPS) is 19.1. The van der Waals surface area contributed by atoms with Crippen molar-refractivity contribution in [2.24, 2.45) is 13.0 Å². The Bertz CT molecular complexity index is 1560. The van der Waals surface area contributed by atoms with Crippen LogP contribution in [0.2, 0.25) is 0 Å². The van der Waals surface area contributed by atoms with Gasteiger partial charge < -0.3 is 29.2 Å². The van der Waals surface area contributed by atoms with Gasteiger partial charge in [0.1, 0.15) is 18.4 Å². The molecule has 1 saturated heterocycles. The molecule has 0 aliphatic carbocycles. The molecular weight excluding hydrogens is 546 g/mol. The Kier molecular flexibility index (Phi) is 9.11. The maximum Gasteiger partial charge on any atom is 0.270 e. The summed E-state index contributed by atoms with van der Waals surface area (Å²) in [5.41, 5.74) is 2.61. The second kappa shape index (κ2) is 13.3. The van der Waals surface area contributed by atoms with Gasteiger partial charge in [0, 0.05) is 51.4 Å². The van der Waals surface area contributed by atoms with Crippen molar-refractivity contribution in [2.75, 3.05) is 46.4 Å². The first-order chi connectivity index (χ1) is 20.9. The van der Waals surface area contributed by atoms with E-state index in [-0.39, 0.29) is 36.8 Å². The molecule has 2 aliphatic heterocycles. The summed E-state index contributed by atoms with van der Waals surface area (Å²) in [5, 5.41) is 12.3. The zero-order chi connectivity index (χ0) is 30.3. The van der Waals surface area contributed by atoms with Gasteiger partial charge in [-0.05, 0) is 41.8 Å². The summed E-state index contributed by atoms with van der Waals surface area (Å²) in [5.74, 6) is -0.155. The molecule has 2 atom stereocenters. The lowest BCUT2D eigenvalue weighted by Gasteiger charge is -2.25. The summed E-state index contributed by atoms with van der Waals surface area (Å²) in [6.45, 7) is 1.96. The van der Waals surface area contributed by atoms with E-state index in [1.807, 2.05) is 48.5 Å². The largest absolute Gasteiger partial charge is 0.493 e. The molecule has 3 heterocycles. The van der Waals surface area contributed by atoms with E-state index in [0.717, 1.165) is 11.1 Å². The van der Waals surface area contributed by atoms with Gasteiger partial charge in [-0.25, -0.2) is 0 Å². The van der Waals surface area contributed by atoms with Crippen LogP contribution in [0.4, 0.5) is 0 Å². The maximum atomic E-state index is 13.5. The molecule has 1 aromatic heterocycles. The fourth-order valence-electron chi connectivity index (χ4n) is 5.65. The van der Waals surface area contributed by atoms with E-state index in [2.05, 4.69) is 11.4 Å². The molecule has 3 aromatic rings. The van der Waals surface area contributed by atoms with Crippen molar-refractivity contribution in [3.63, 3.8) is 0 Å². The number of likely N-dealkylation sites (tertiary alicyclic amines) is 1. The molecule has 2 aliphatic rings. The first-order valence-corrected chi connectivity index (χ1v) is 14.3. The van der Waals surface area contributed by atoms with Gasteiger partial charge in [0.2, 0.25) is 11.8 Å². The van der Waals surface area contributed by atoms with Gasteiger partial charge in [-0.15, -0.1) is 0 Å². The average molecular weight is 582 g/mol. The Labute approximate surface area is 251 Å². The number of ether oxygens (including phenoxy) is 2. The first kappa shape index (κ1) is 29.5. The Morgan fingerprint density at radius 3 is 2.60 bits per heavy atom. The molecule has 0 spiro atoms. The van der Waals surface area contributed by atoms with Crippen molar-refractivity contribution in [3.05, 3.63) is 89.3 Å². The number of benzene rings is 2. The van der Waals surface area contributed by atoms with Crippen LogP contribution in [0, 0.1) is 17.2 Å². The van der Waals surface area contributed by atoms with Crippen molar-refractivity contribution in [2.45, 2.75) is 12.3 Å². The number of hydrogen-bond acceptors (Lipinski definition) is 6. The second-order valence-corrected chi connectivity index (χ2v) is 10.7. The molecule has 1 fully saturated rings. The molecule has 10 heteroatoms. The van der Waals surface area contributed by atoms with Crippen LogP contribution < -0.4 is 14.8 Å². The van der Waals surface area contributed by atoms with E-state index in [4.69, 9.17) is 9.47 Å². The van der Waals surface area contributed by atoms with Gasteiger partial charge in [-0.3, -0.25) is 14.4 Å². The van der Waals surface area contributed by atoms with Crippen molar-refractivity contribution < 1.29 is 23.9 Å². The third-order valence-corrected chi connectivity index (χ3v) is 7.97. The molecule has 5 rings (SSSR count). The highest BCUT2D eigenvalue weighted by Crippen LogP contribution is 2.38. The molecule has 1 N–H and O–H groups in total. The highest BCUT2D eigenvalue weighted by molar-refractivity contribution is 5.94. The van der Waals surface area contributed by atoms with Crippen molar-refractivity contribution in [1.29, 1.82) is 5.26 Å². The van der Waals surface area contributed by atoms with Crippen LogP contribution in [-0.4, -0.2) is 78.5 Å². The molecule has 0 saturated carbocycles. The van der Waals surface area contributed by atoms with E-state index >= 15 is 0 Å². The minimum atomic E-state index is -0.455. The number of carbonyl (C=O) groups is 3. The summed E-state index contributed by atoms with van der Waals surface area (Å²) < 4.78 is 13.3. The Morgan fingerprint density at radius 2 is 1.86 bits per heavy atom. The molecule has 0 radical (unpaired) electrons. The van der Waals surface area contributed by atoms with Crippen molar-refractivity contribution in [1.82, 2.24) is 19.7 Å². The number of methoxy groups -OCH3 is 1. The number of amides is 3. The number of aromatic nitrogens is 1. The van der Waals surface area contributed by atoms with Crippen LogP contribution in [0.15, 0.2) is 66.9 Å². The SMILES string of the molecule is COc1ccc2cc1OCCN(C(=O)c1cc(C#N)cn1C)CCCNC(=O)[C@H]1CN(C(=O)C=Cc3ccccc3)C[C@H]21. The van der Waals surface area contributed by atoms with Gasteiger partial charge in [-0.2, -0.15) is 5.26 Å². The number of fused-ring (bicyclic) bond motifs is 4. The van der Waals surface area contributed by atoms with Gasteiger partial charge in [0.05, 0.1) is 25.1 Å². The van der Waals surface area contributed by atoms with Crippen LogP contribution >= 0.6 is 0 Å². The minimum absolute atomic E-state index is 0.137. The highest BCUT2D eigenvalue weighted by atomic mass is 16.5. The van der Waals surface area contributed by atoms with Gasteiger partial charge >= 0.3 is 0 Å². The molecule has 2 bridgehead atoms. The van der Waals surface area contributed by atoms with Crippen molar-refractivity contribution in [3.8, 4) is 17.6 Å². The number of nitrogens with one attached hydrogen (secondary N) is 1. The van der Waals surface area contributed by atoms with Crippen molar-refractivity contribution >= 4 is 23.8 Å². The average Bonchev–Trinajstić information content (AvgIpc) is 3.65. The zero-order valence-electron chi connectivity index (χ0n) is 24.4. The predicted molar refractivity (Wildman–Crippen MR) is 160 cm³/mol. The molecule has 10 nitrogen and oxygen atoms in total. The lowest BCUT2D eigenvalue weighted by atomic mass is 9.88. The smallest absolute Gasteiger partial charge is 0.270 e. The molecule has 222 valence electrons. The summed E-state index contributed by atoms with van der Waals surface area (Å²) in [4.78, 5) is 43.5. The van der Waals surface area contributed by atoms with E-state index in [0.29, 0.717) is 55.4 Å². The lowest BCUT2D eigenvalue weighted by Crippen LogP contribution is -2.39. The quantitative estimate of drug-likeness (QED) is 0.473. The number of nitriles is 1. The van der Waals surface area contributed by atoms with Gasteiger partial charge in [-0.1, -0.05) is 36.4 Å². The first-order valence-electron chi connectivity index (χ1n) is 14.3. The Balaban J connectivity index is 1.37. The number of nitrogens with zero attached hydrogens (tertiary/aromatic N) is 4. The highest BCUT2D eigenvalue weighted by Gasteiger charge is 2.40. The number of aryl methyl sites for hydroxylation is 1. The Hall–Kier alpha value is -5.04. The summed E-state index contributed by atoms with van der Waals surface area (Å²) in [6.07, 6.45) is 5.48. The maximum absolute atomic E-state index is 13.5. The van der Waals surface area contributed by atoms with Crippen LogP contribution in [0.1, 0.15) is 39.5 Å². The molecule has 0 unspecified atom stereocenters. The van der Waals surface area contributed by atoms with E-state index < -0.39 is 5.92 Å². The Morgan fingerprint density at radius 1 is 1.07 bits per heavy atom. The van der Waals surface area contributed by atoms with E-state index in [1.54, 1.807) is 52.9 Å². The predicted octanol–water partition coefficient (Wildman–Crippen LogP) is 3.20. The fourth-order valence-corrected chi connectivity index (χ4v) is 5.65. The number of hydrogen-bond donors (Lipinski definition) is 1. The molecule has 3 amide bonds. The topological polar surface area (TPSA) is 117 Å². The van der Waals surface area contributed by atoms with Crippen LogP contribution in [-0.2, 0) is 16.6 Å². The van der Waals surface area contributed by atoms with Crippen LogP contribution in [0.25, 0.3) is 6.08 Å². The van der Waals surface area contributed by atoms with Crippen LogP contribution in [0.5, 0.6) is 11.5 Å². The summed E-state index contributed by atoms with van der Waals surface area (Å²) in [6, 6.07) is 18.8. The summed E-state index contributed by atoms with van der Waals surface area (Å²) in [7, 11) is 3.29. The standard InChI is InChI=1S/C33H35N5O5/c1-36-20-24(19-34)17-28(36)33(41)37-14-6-13-35-32(40)27-22-38(31(39)12-9-23-7-4-3-5-8-23)21-26(27)25-10-11-29(42-2)30(18-25)43-16-15-37/h3-5,7-12,17-18,20,26-27H,6,13-16,21-22H2,1-2H3,(H,35,40)/t26-,27+/m1/s1. The monoisotopic (exact) mass is 581 g/mol. The second-order valence-electron chi connectivity index (χ2n) is 10.7. The fraction of sp³-hybridized carbons (Fsp3) is 0.333. The molecule has 43 heavy (non-hydrogen) atoms. The minimum Gasteiger partial charge on any atom is -0.493 e.